The lowest BCUT2D eigenvalue weighted by atomic mass is 10.1. The second-order valence-electron chi connectivity index (χ2n) is 7.29. The molecule has 0 bridgehead atoms. The maximum atomic E-state index is 5.64. The Morgan fingerprint density at radius 1 is 0.714 bits per heavy atom. The summed E-state index contributed by atoms with van der Waals surface area (Å²) >= 11 is 0. The van der Waals surface area contributed by atoms with Gasteiger partial charge in [0.25, 0.3) is 0 Å². The Morgan fingerprint density at radius 2 is 1.21 bits per heavy atom. The number of benzene rings is 3. The van der Waals surface area contributed by atoms with E-state index in [9.17, 15) is 0 Å². The van der Waals surface area contributed by atoms with Crippen molar-refractivity contribution in [2.24, 2.45) is 0 Å². The fourth-order valence-corrected chi connectivity index (χ4v) is 4.02. The van der Waals surface area contributed by atoms with Gasteiger partial charge in [0.05, 0.1) is 12.8 Å². The van der Waals surface area contributed by atoms with E-state index in [-0.39, 0.29) is 6.17 Å². The van der Waals surface area contributed by atoms with E-state index in [4.69, 9.17) is 4.74 Å². The lowest BCUT2D eigenvalue weighted by Crippen LogP contribution is -2.30. The summed E-state index contributed by atoms with van der Waals surface area (Å²) in [5.41, 5.74) is 4.05. The molecule has 1 heterocycles. The van der Waals surface area contributed by atoms with Gasteiger partial charge in [0.2, 0.25) is 0 Å². The van der Waals surface area contributed by atoms with Crippen molar-refractivity contribution in [2.75, 3.05) is 19.7 Å². The minimum absolute atomic E-state index is 0.274. The molecule has 4 rings (SSSR count). The number of hydrogen-bond acceptors (Lipinski definition) is 3. The van der Waals surface area contributed by atoms with Crippen molar-refractivity contribution in [1.29, 1.82) is 0 Å². The minimum atomic E-state index is 0.274. The number of nitrogens with zero attached hydrogens (tertiary/aromatic N) is 2. The van der Waals surface area contributed by atoms with Gasteiger partial charge in [-0.3, -0.25) is 9.80 Å². The molecule has 28 heavy (non-hydrogen) atoms. The monoisotopic (exact) mass is 372 g/mol. The van der Waals surface area contributed by atoms with Crippen molar-refractivity contribution >= 4 is 0 Å². The van der Waals surface area contributed by atoms with E-state index in [0.717, 1.165) is 31.9 Å². The molecule has 0 aliphatic carbocycles. The normalized spacial score (nSPS) is 15.8. The molecule has 144 valence electrons. The maximum absolute atomic E-state index is 5.64. The van der Waals surface area contributed by atoms with Gasteiger partial charge in [0.1, 0.15) is 5.75 Å². The molecule has 0 spiro atoms. The topological polar surface area (TPSA) is 15.7 Å². The molecule has 0 aromatic heterocycles. The Kier molecular flexibility index (Phi) is 6.05. The third-order valence-corrected chi connectivity index (χ3v) is 5.31. The summed E-state index contributed by atoms with van der Waals surface area (Å²) in [6.45, 7) is 6.78. The van der Waals surface area contributed by atoms with Gasteiger partial charge < -0.3 is 4.74 Å². The molecule has 0 atom stereocenters. The fourth-order valence-electron chi connectivity index (χ4n) is 4.02. The third kappa shape index (κ3) is 4.44. The van der Waals surface area contributed by atoms with Crippen LogP contribution in [0.3, 0.4) is 0 Å². The van der Waals surface area contributed by atoms with Gasteiger partial charge in [0, 0.05) is 26.2 Å². The Labute approximate surface area is 168 Å². The SMILES string of the molecule is CCOc1ccc(C2N(Cc3ccccc3)CCN2Cc2ccccc2)cc1. The van der Waals surface area contributed by atoms with E-state index in [0.29, 0.717) is 6.61 Å². The first-order valence-electron chi connectivity index (χ1n) is 10.1. The summed E-state index contributed by atoms with van der Waals surface area (Å²) in [6.07, 6.45) is 0.274. The van der Waals surface area contributed by atoms with E-state index >= 15 is 0 Å². The zero-order chi connectivity index (χ0) is 19.2. The Hall–Kier alpha value is -2.62. The van der Waals surface area contributed by atoms with Gasteiger partial charge in [-0.05, 0) is 35.7 Å². The van der Waals surface area contributed by atoms with Crippen LogP contribution in [0.1, 0.15) is 29.8 Å². The molecule has 1 aliphatic rings. The lowest BCUT2D eigenvalue weighted by molar-refractivity contribution is 0.126. The van der Waals surface area contributed by atoms with E-state index in [2.05, 4.69) is 94.7 Å². The number of rotatable bonds is 7. The molecule has 0 unspecified atom stereocenters. The van der Waals surface area contributed by atoms with Crippen molar-refractivity contribution in [2.45, 2.75) is 26.2 Å². The zero-order valence-corrected chi connectivity index (χ0v) is 16.5. The molecule has 0 radical (unpaired) electrons. The molecule has 3 aromatic carbocycles. The van der Waals surface area contributed by atoms with Gasteiger partial charge in [-0.1, -0.05) is 72.8 Å². The number of ether oxygens (including phenoxy) is 1. The molecule has 3 nitrogen and oxygen atoms in total. The predicted molar refractivity (Wildman–Crippen MR) is 114 cm³/mol. The predicted octanol–water partition coefficient (Wildman–Crippen LogP) is 5.10. The van der Waals surface area contributed by atoms with Gasteiger partial charge in [-0.25, -0.2) is 0 Å². The molecule has 0 N–H and O–H groups in total. The standard InChI is InChI=1S/C25H28N2O/c1-2-28-24-15-13-23(14-16-24)25-26(19-21-9-5-3-6-10-21)17-18-27(25)20-22-11-7-4-8-12-22/h3-16,25H,2,17-20H2,1H3. The molecular weight excluding hydrogens is 344 g/mol. The molecule has 0 amide bonds. The van der Waals surface area contributed by atoms with E-state index in [1.807, 2.05) is 6.92 Å². The highest BCUT2D eigenvalue weighted by molar-refractivity contribution is 5.30. The average molecular weight is 373 g/mol. The molecule has 1 fully saturated rings. The van der Waals surface area contributed by atoms with Crippen LogP contribution in [0.25, 0.3) is 0 Å². The molecule has 1 saturated heterocycles. The Morgan fingerprint density at radius 3 is 1.68 bits per heavy atom. The summed E-state index contributed by atoms with van der Waals surface area (Å²) in [5, 5.41) is 0. The van der Waals surface area contributed by atoms with Gasteiger partial charge >= 0.3 is 0 Å². The summed E-state index contributed by atoms with van der Waals surface area (Å²) < 4.78 is 5.64. The van der Waals surface area contributed by atoms with E-state index in [1.54, 1.807) is 0 Å². The van der Waals surface area contributed by atoms with Crippen LogP contribution in [0.2, 0.25) is 0 Å². The summed E-state index contributed by atoms with van der Waals surface area (Å²) in [6, 6.07) is 30.2. The summed E-state index contributed by atoms with van der Waals surface area (Å²) in [5.74, 6) is 0.938. The van der Waals surface area contributed by atoms with Crippen molar-refractivity contribution in [1.82, 2.24) is 9.80 Å². The second kappa shape index (κ2) is 9.05. The summed E-state index contributed by atoms with van der Waals surface area (Å²) in [7, 11) is 0. The zero-order valence-electron chi connectivity index (χ0n) is 16.5. The van der Waals surface area contributed by atoms with Gasteiger partial charge in [-0.15, -0.1) is 0 Å². The Bertz CT molecular complexity index is 799. The molecule has 3 heteroatoms. The quantitative estimate of drug-likeness (QED) is 0.574. The molecule has 3 aromatic rings. The first-order chi connectivity index (χ1) is 13.8. The highest BCUT2D eigenvalue weighted by atomic mass is 16.5. The minimum Gasteiger partial charge on any atom is -0.494 e. The maximum Gasteiger partial charge on any atom is 0.119 e. The van der Waals surface area contributed by atoms with Gasteiger partial charge in [0.15, 0.2) is 0 Å². The highest BCUT2D eigenvalue weighted by Gasteiger charge is 2.33. The van der Waals surface area contributed by atoms with Crippen LogP contribution in [0.15, 0.2) is 84.9 Å². The number of hydrogen-bond donors (Lipinski definition) is 0. The largest absolute Gasteiger partial charge is 0.494 e. The highest BCUT2D eigenvalue weighted by Crippen LogP contribution is 2.33. The van der Waals surface area contributed by atoms with Gasteiger partial charge in [-0.2, -0.15) is 0 Å². The van der Waals surface area contributed by atoms with E-state index < -0.39 is 0 Å². The fraction of sp³-hybridized carbons (Fsp3) is 0.280. The van der Waals surface area contributed by atoms with Crippen molar-refractivity contribution in [3.05, 3.63) is 102 Å². The van der Waals surface area contributed by atoms with Crippen LogP contribution in [-0.2, 0) is 13.1 Å². The van der Waals surface area contributed by atoms with Crippen LogP contribution in [0, 0.1) is 0 Å². The smallest absolute Gasteiger partial charge is 0.119 e. The molecular formula is C25H28N2O. The van der Waals surface area contributed by atoms with Crippen LogP contribution < -0.4 is 4.74 Å². The van der Waals surface area contributed by atoms with Crippen molar-refractivity contribution in [3.63, 3.8) is 0 Å². The first-order valence-corrected chi connectivity index (χ1v) is 10.1. The molecule has 0 saturated carbocycles. The van der Waals surface area contributed by atoms with Crippen LogP contribution in [0.5, 0.6) is 5.75 Å². The van der Waals surface area contributed by atoms with Crippen LogP contribution in [0.4, 0.5) is 0 Å². The van der Waals surface area contributed by atoms with Crippen LogP contribution >= 0.6 is 0 Å². The van der Waals surface area contributed by atoms with Crippen molar-refractivity contribution < 1.29 is 4.74 Å². The van der Waals surface area contributed by atoms with Crippen LogP contribution in [-0.4, -0.2) is 29.5 Å². The molecule has 1 aliphatic heterocycles. The van der Waals surface area contributed by atoms with E-state index in [1.165, 1.54) is 16.7 Å². The lowest BCUT2D eigenvalue weighted by Gasteiger charge is -2.31. The average Bonchev–Trinajstić information content (AvgIpc) is 3.12. The first kappa shape index (κ1) is 18.7. The third-order valence-electron chi connectivity index (χ3n) is 5.31. The second-order valence-corrected chi connectivity index (χ2v) is 7.29. The Balaban J connectivity index is 1.58. The summed E-state index contributed by atoms with van der Waals surface area (Å²) in [4.78, 5) is 5.15. The van der Waals surface area contributed by atoms with Crippen molar-refractivity contribution in [3.8, 4) is 5.75 Å².